The summed E-state index contributed by atoms with van der Waals surface area (Å²) in [6.45, 7) is 3.42. The van der Waals surface area contributed by atoms with Gasteiger partial charge in [-0.15, -0.1) is 0 Å². The molecule has 1 aromatic heterocycles. The summed E-state index contributed by atoms with van der Waals surface area (Å²) in [5.41, 5.74) is 7.42. The van der Waals surface area contributed by atoms with Gasteiger partial charge in [0.15, 0.2) is 0 Å². The minimum absolute atomic E-state index is 0.394. The Morgan fingerprint density at radius 1 is 1.39 bits per heavy atom. The zero-order chi connectivity index (χ0) is 13.0. The summed E-state index contributed by atoms with van der Waals surface area (Å²) < 4.78 is 7.52. The van der Waals surface area contributed by atoms with Gasteiger partial charge >= 0.3 is 0 Å². The Hall–Kier alpha value is -1.88. The van der Waals surface area contributed by atoms with E-state index in [-0.39, 0.29) is 0 Å². The van der Waals surface area contributed by atoms with Crippen molar-refractivity contribution < 1.29 is 4.74 Å². The first-order valence-electron chi connectivity index (χ1n) is 5.73. The fourth-order valence-corrected chi connectivity index (χ4v) is 1.67. The fraction of sp³-hybridized carbons (Fsp3) is 0.231. The number of nitrogens with two attached hydrogens (primary N) is 1. The van der Waals surface area contributed by atoms with Crippen LogP contribution >= 0.6 is 12.2 Å². The number of nitrogens with zero attached hydrogens (tertiary/aromatic N) is 2. The van der Waals surface area contributed by atoms with Crippen molar-refractivity contribution in [1.29, 1.82) is 0 Å². The van der Waals surface area contributed by atoms with Crippen LogP contribution in [-0.4, -0.2) is 14.8 Å². The first-order valence-corrected chi connectivity index (χ1v) is 6.14. The maximum Gasteiger partial charge on any atom is 0.119 e. The van der Waals surface area contributed by atoms with E-state index in [1.54, 1.807) is 0 Å². The van der Waals surface area contributed by atoms with Crippen molar-refractivity contribution in [3.8, 4) is 5.75 Å². The Labute approximate surface area is 111 Å². The molecule has 94 valence electrons. The molecule has 0 unspecified atom stereocenters. The number of thiocarbonyl (C=S) groups is 1. The molecule has 18 heavy (non-hydrogen) atoms. The normalized spacial score (nSPS) is 10.3. The van der Waals surface area contributed by atoms with Crippen molar-refractivity contribution in [1.82, 2.24) is 9.78 Å². The van der Waals surface area contributed by atoms with Crippen molar-refractivity contribution in [2.45, 2.75) is 20.1 Å². The largest absolute Gasteiger partial charge is 0.489 e. The predicted molar refractivity (Wildman–Crippen MR) is 74.6 cm³/mol. The molecule has 0 fully saturated rings. The molecule has 2 aromatic rings. The van der Waals surface area contributed by atoms with Crippen LogP contribution in [0.1, 0.15) is 18.1 Å². The first kappa shape index (κ1) is 12.6. The molecule has 0 saturated heterocycles. The zero-order valence-corrected chi connectivity index (χ0v) is 11.0. The van der Waals surface area contributed by atoms with E-state index in [2.05, 4.69) is 5.10 Å². The minimum Gasteiger partial charge on any atom is -0.489 e. The highest BCUT2D eigenvalue weighted by Gasteiger charge is 2.00. The third-order valence-corrected chi connectivity index (χ3v) is 2.79. The molecule has 2 rings (SSSR count). The molecule has 5 heteroatoms. The smallest absolute Gasteiger partial charge is 0.119 e. The van der Waals surface area contributed by atoms with Gasteiger partial charge in [0.25, 0.3) is 0 Å². The van der Waals surface area contributed by atoms with E-state index in [0.717, 1.165) is 23.4 Å². The topological polar surface area (TPSA) is 53.1 Å². The second-order valence-corrected chi connectivity index (χ2v) is 4.32. The van der Waals surface area contributed by atoms with Gasteiger partial charge in [-0.05, 0) is 31.2 Å². The van der Waals surface area contributed by atoms with Crippen LogP contribution in [0, 0.1) is 0 Å². The van der Waals surface area contributed by atoms with E-state index in [4.69, 9.17) is 22.7 Å². The highest BCUT2D eigenvalue weighted by molar-refractivity contribution is 7.80. The van der Waals surface area contributed by atoms with Gasteiger partial charge in [-0.2, -0.15) is 5.10 Å². The predicted octanol–water partition coefficient (Wildman–Crippen LogP) is 2.12. The Kier molecular flexibility index (Phi) is 3.94. The molecule has 1 aromatic carbocycles. The second kappa shape index (κ2) is 5.64. The quantitative estimate of drug-likeness (QED) is 0.838. The monoisotopic (exact) mass is 261 g/mol. The molecule has 0 atom stereocenters. The molecule has 4 nitrogen and oxygen atoms in total. The van der Waals surface area contributed by atoms with Crippen LogP contribution in [0.15, 0.2) is 36.7 Å². The zero-order valence-electron chi connectivity index (χ0n) is 10.2. The van der Waals surface area contributed by atoms with E-state index in [9.17, 15) is 0 Å². The van der Waals surface area contributed by atoms with Gasteiger partial charge in [-0.25, -0.2) is 0 Å². The van der Waals surface area contributed by atoms with Crippen LogP contribution in [0.25, 0.3) is 0 Å². The van der Waals surface area contributed by atoms with E-state index in [0.29, 0.717) is 11.6 Å². The molecule has 0 saturated carbocycles. The highest BCUT2D eigenvalue weighted by Crippen LogP contribution is 2.14. The number of aryl methyl sites for hydroxylation is 1. The summed E-state index contributed by atoms with van der Waals surface area (Å²) in [5, 5.41) is 4.19. The summed E-state index contributed by atoms with van der Waals surface area (Å²) in [4.78, 5) is 0.394. The van der Waals surface area contributed by atoms with Crippen LogP contribution in [0.5, 0.6) is 5.75 Å². The lowest BCUT2D eigenvalue weighted by Crippen LogP contribution is -2.08. The summed E-state index contributed by atoms with van der Waals surface area (Å²) in [5.74, 6) is 0.791. The third-order valence-electron chi connectivity index (χ3n) is 2.56. The van der Waals surface area contributed by atoms with E-state index in [1.807, 2.05) is 48.3 Å². The average molecular weight is 261 g/mol. The van der Waals surface area contributed by atoms with Crippen molar-refractivity contribution >= 4 is 17.2 Å². The number of rotatable bonds is 5. The van der Waals surface area contributed by atoms with E-state index >= 15 is 0 Å². The van der Waals surface area contributed by atoms with E-state index < -0.39 is 0 Å². The standard InChI is InChI=1S/C13H15N3OS/c1-2-16-8-10(7-15-16)9-17-12-5-3-11(4-6-12)13(14)18/h3-8H,2,9H2,1H3,(H2,14,18). The third kappa shape index (κ3) is 3.07. The van der Waals surface area contributed by atoms with Gasteiger partial charge in [-0.1, -0.05) is 12.2 Å². The molecule has 0 radical (unpaired) electrons. The Morgan fingerprint density at radius 2 is 2.11 bits per heavy atom. The van der Waals surface area contributed by atoms with Gasteiger partial charge < -0.3 is 10.5 Å². The van der Waals surface area contributed by atoms with Gasteiger partial charge in [-0.3, -0.25) is 4.68 Å². The van der Waals surface area contributed by atoms with E-state index in [1.165, 1.54) is 0 Å². The summed E-state index contributed by atoms with van der Waals surface area (Å²) in [7, 11) is 0. The van der Waals surface area contributed by atoms with Crippen LogP contribution in [0.4, 0.5) is 0 Å². The number of hydrogen-bond acceptors (Lipinski definition) is 3. The van der Waals surface area contributed by atoms with Gasteiger partial charge in [0.05, 0.1) is 6.20 Å². The Bertz CT molecular complexity index is 533. The van der Waals surface area contributed by atoms with Gasteiger partial charge in [0.2, 0.25) is 0 Å². The van der Waals surface area contributed by atoms with Crippen LogP contribution < -0.4 is 10.5 Å². The van der Waals surface area contributed by atoms with Crippen LogP contribution in [-0.2, 0) is 13.2 Å². The fourth-order valence-electron chi connectivity index (χ4n) is 1.54. The molecule has 1 heterocycles. The number of benzene rings is 1. The molecule has 0 amide bonds. The van der Waals surface area contributed by atoms with Crippen molar-refractivity contribution in [2.75, 3.05) is 0 Å². The average Bonchev–Trinajstić information content (AvgIpc) is 2.85. The first-order chi connectivity index (χ1) is 8.69. The van der Waals surface area contributed by atoms with Gasteiger partial charge in [0, 0.05) is 23.9 Å². The molecule has 0 aliphatic rings. The SMILES string of the molecule is CCn1cc(COc2ccc(C(N)=S)cc2)cn1. The van der Waals surface area contributed by atoms with Crippen molar-refractivity contribution in [2.24, 2.45) is 5.73 Å². The van der Waals surface area contributed by atoms with Gasteiger partial charge in [0.1, 0.15) is 17.3 Å². The summed E-state index contributed by atoms with van der Waals surface area (Å²) >= 11 is 4.89. The molecular formula is C13H15N3OS. The maximum atomic E-state index is 5.65. The van der Waals surface area contributed by atoms with Crippen molar-refractivity contribution in [3.63, 3.8) is 0 Å². The lowest BCUT2D eigenvalue weighted by atomic mass is 10.2. The number of ether oxygens (including phenoxy) is 1. The Balaban J connectivity index is 1.95. The second-order valence-electron chi connectivity index (χ2n) is 3.88. The summed E-state index contributed by atoms with van der Waals surface area (Å²) in [6, 6.07) is 7.43. The molecule has 0 aliphatic heterocycles. The minimum atomic E-state index is 0.394. The lowest BCUT2D eigenvalue weighted by molar-refractivity contribution is 0.306. The lowest BCUT2D eigenvalue weighted by Gasteiger charge is -2.05. The highest BCUT2D eigenvalue weighted by atomic mass is 32.1. The Morgan fingerprint density at radius 3 is 2.67 bits per heavy atom. The maximum absolute atomic E-state index is 5.65. The number of hydrogen-bond donors (Lipinski definition) is 1. The molecule has 0 bridgehead atoms. The molecule has 0 spiro atoms. The molecule has 2 N–H and O–H groups in total. The number of aromatic nitrogens is 2. The molecular weight excluding hydrogens is 246 g/mol. The van der Waals surface area contributed by atoms with Crippen molar-refractivity contribution in [3.05, 3.63) is 47.8 Å². The van der Waals surface area contributed by atoms with Crippen LogP contribution in [0.3, 0.4) is 0 Å². The van der Waals surface area contributed by atoms with Crippen LogP contribution in [0.2, 0.25) is 0 Å². The summed E-state index contributed by atoms with van der Waals surface area (Å²) in [6.07, 6.45) is 3.79. The molecule has 0 aliphatic carbocycles.